The topological polar surface area (TPSA) is 554 Å². The Kier molecular flexibility index (Phi) is 32.3. The minimum atomic E-state index is -1.73. The van der Waals surface area contributed by atoms with Crippen molar-refractivity contribution in [2.45, 2.75) is 191 Å². The van der Waals surface area contributed by atoms with Gasteiger partial charge in [0, 0.05) is 47.2 Å². The van der Waals surface area contributed by atoms with Crippen molar-refractivity contribution in [3.05, 3.63) is 72.1 Å². The normalized spacial score (nSPS) is 16.2. The number of carboxylic acids is 2. The Balaban J connectivity index is 1.20. The van der Waals surface area contributed by atoms with E-state index in [1.165, 1.54) is 13.8 Å². The van der Waals surface area contributed by atoms with Gasteiger partial charge in [-0.2, -0.15) is 0 Å². The molecule has 11 amide bonds. The lowest BCUT2D eigenvalue weighted by Crippen LogP contribution is -2.60. The molecule has 100 heavy (non-hydrogen) atoms. The van der Waals surface area contributed by atoms with Crippen LogP contribution in [0.25, 0.3) is 21.8 Å². The number of benzene rings is 2. The van der Waals surface area contributed by atoms with Crippen molar-refractivity contribution in [2.24, 2.45) is 34.8 Å². The maximum Gasteiger partial charge on any atom is 0.326 e. The maximum atomic E-state index is 14.4. The van der Waals surface area contributed by atoms with Crippen LogP contribution in [0, 0.1) is 11.8 Å². The van der Waals surface area contributed by atoms with Crippen molar-refractivity contribution in [1.82, 2.24) is 73.4 Å². The molecule has 1 saturated heterocycles. The SMILES string of the molecule is CC[C@H](C)[C@H](NC(=O)[C@@H]1CCCN1C(=O)[C@H](CC(=O)O)NC(=O)[C@H](CC(C)C)NC(=O)[C@H](C)NC(=O)[C@@H](N)Cc1c[nH]c2ccccc12)C(=O)N[C@@H](C)C(=O)NCC(=O)N[C@@H](CCCCN)C(=O)N[C@@H](Cc1c[nH]c2ccccc12)C(=O)N[C@@H](CO)C(=O)N[C@@H](CCCNC(N)N)C(=O)O. The summed E-state index contributed by atoms with van der Waals surface area (Å²) in [6.07, 6.45) is 3.12. The highest BCUT2D eigenvalue weighted by molar-refractivity contribution is 6.00. The van der Waals surface area contributed by atoms with Crippen molar-refractivity contribution in [3.63, 3.8) is 0 Å². The molecule has 0 radical (unpaired) electrons. The smallest absolute Gasteiger partial charge is 0.326 e. The number of aliphatic hydroxyl groups is 1. The van der Waals surface area contributed by atoms with Gasteiger partial charge in [0.1, 0.15) is 66.7 Å². The number of fused-ring (bicyclic) bond motifs is 2. The fourth-order valence-corrected chi connectivity index (χ4v) is 11.4. The molecule has 1 fully saturated rings. The molecular formula is C66H100N18O16. The number of rotatable bonds is 42. The number of nitrogens with one attached hydrogen (secondary N) is 13. The summed E-state index contributed by atoms with van der Waals surface area (Å²) in [5, 5.41) is 59.6. The molecule has 12 atom stereocenters. The van der Waals surface area contributed by atoms with Gasteiger partial charge < -0.3 is 106 Å². The van der Waals surface area contributed by atoms with E-state index in [0.29, 0.717) is 35.7 Å². The zero-order chi connectivity index (χ0) is 73.9. The van der Waals surface area contributed by atoms with Gasteiger partial charge in [-0.3, -0.25) is 62.9 Å². The van der Waals surface area contributed by atoms with E-state index in [2.05, 4.69) is 68.5 Å². The minimum absolute atomic E-state index is 0.00803. The first kappa shape index (κ1) is 81.1. The molecule has 24 N–H and O–H groups in total. The molecule has 0 spiro atoms. The highest BCUT2D eigenvalue weighted by Gasteiger charge is 2.42. The van der Waals surface area contributed by atoms with Crippen LogP contribution in [0.15, 0.2) is 60.9 Å². The number of H-pyrrole nitrogens is 2. The summed E-state index contributed by atoms with van der Waals surface area (Å²) in [6, 6.07) is -0.569. The summed E-state index contributed by atoms with van der Waals surface area (Å²) < 4.78 is 0. The van der Waals surface area contributed by atoms with Crippen LogP contribution in [0.4, 0.5) is 0 Å². The largest absolute Gasteiger partial charge is 0.481 e. The van der Waals surface area contributed by atoms with Gasteiger partial charge in [-0.25, -0.2) is 4.79 Å². The number of aliphatic hydroxyl groups excluding tert-OH is 1. The molecular weight excluding hydrogens is 1300 g/mol. The van der Waals surface area contributed by atoms with E-state index in [9.17, 15) is 77.6 Å². The molecule has 2 aromatic heterocycles. The number of nitrogens with two attached hydrogens (primary N) is 4. The number of aromatic nitrogens is 2. The number of hydrogen-bond donors (Lipinski definition) is 20. The molecule has 34 nitrogen and oxygen atoms in total. The van der Waals surface area contributed by atoms with Gasteiger partial charge >= 0.3 is 11.9 Å². The summed E-state index contributed by atoms with van der Waals surface area (Å²) in [6.45, 7) is 8.34. The quantitative estimate of drug-likeness (QED) is 0.0152. The maximum absolute atomic E-state index is 14.4. The Morgan fingerprint density at radius 2 is 1.13 bits per heavy atom. The van der Waals surface area contributed by atoms with E-state index < -0.39 is 175 Å². The van der Waals surface area contributed by atoms with Gasteiger partial charge in [0.25, 0.3) is 0 Å². The van der Waals surface area contributed by atoms with Crippen LogP contribution >= 0.6 is 0 Å². The van der Waals surface area contributed by atoms with Crippen molar-refractivity contribution in [3.8, 4) is 0 Å². The number of carbonyl (C=O) groups excluding carboxylic acids is 11. The van der Waals surface area contributed by atoms with Crippen LogP contribution in [0.3, 0.4) is 0 Å². The number of aromatic amines is 2. The molecule has 3 heterocycles. The molecule has 1 aliphatic heterocycles. The lowest BCUT2D eigenvalue weighted by atomic mass is 9.97. The Hall–Kier alpha value is -9.61. The highest BCUT2D eigenvalue weighted by atomic mass is 16.4. The van der Waals surface area contributed by atoms with Crippen LogP contribution in [-0.4, -0.2) is 213 Å². The second-order valence-corrected chi connectivity index (χ2v) is 25.6. The first-order valence-corrected chi connectivity index (χ1v) is 33.6. The Bertz CT molecular complexity index is 3490. The Morgan fingerprint density at radius 1 is 0.590 bits per heavy atom. The minimum Gasteiger partial charge on any atom is -0.481 e. The first-order valence-electron chi connectivity index (χ1n) is 33.6. The number of amides is 11. The number of likely N-dealkylation sites (tertiary alicyclic amines) is 1. The van der Waals surface area contributed by atoms with Gasteiger partial charge in [-0.1, -0.05) is 70.5 Å². The molecule has 2 aromatic carbocycles. The monoisotopic (exact) mass is 1400 g/mol. The Labute approximate surface area is 578 Å². The Morgan fingerprint density at radius 3 is 1.72 bits per heavy atom. The molecule has 34 heteroatoms. The summed E-state index contributed by atoms with van der Waals surface area (Å²) in [7, 11) is 0. The van der Waals surface area contributed by atoms with E-state index in [-0.39, 0.29) is 76.9 Å². The molecule has 4 aromatic rings. The van der Waals surface area contributed by atoms with Crippen LogP contribution in [-0.2, 0) is 75.2 Å². The lowest BCUT2D eigenvalue weighted by Gasteiger charge is -2.31. The average Bonchev–Trinajstić information content (AvgIpc) is 1.66. The molecule has 5 rings (SSSR count). The van der Waals surface area contributed by atoms with Crippen LogP contribution in [0.2, 0.25) is 0 Å². The van der Waals surface area contributed by atoms with Gasteiger partial charge in [-0.05, 0) is 120 Å². The second-order valence-electron chi connectivity index (χ2n) is 25.6. The first-order chi connectivity index (χ1) is 47.5. The second kappa shape index (κ2) is 39.8. The van der Waals surface area contributed by atoms with Gasteiger partial charge in [0.05, 0.1) is 25.6 Å². The standard InChI is InChI=1S/C66H100N18O16/c1-7-35(4)54(83-62(96)51-22-15-25-84(51)64(98)49(29-53(87)88)81-59(93)47(26-34(2)3)79-56(90)37(6)75-57(91)42(68)27-38-30-72-43-18-10-8-16-40(38)43)63(97)76-36(5)55(89)74-32-52(86)77-45(20-12-13-23-67)58(92)80-48(28-39-31-73-44-19-11-9-17-41(39)44)60(94)82-50(33-85)61(95)78-46(65(99)100)21-14-24-71-66(69)70/h8-11,16-19,30-31,34-37,42,45-51,54,66,71-73,85H,7,12-15,20-29,32-33,67-70H2,1-6H3,(H,74,89)(H,75,91)(H,76,97)(H,77,86)(H,78,95)(H,79,90)(H,80,92)(H,81,93)(H,82,94)(H,83,96)(H,87,88)(H,99,100)/t35-,36-,37-,42-,45-,46-,47-,48-,49-,50-,51-,54-/m0/s1. The number of carboxylic acid groups (broad SMARTS) is 2. The third-order valence-corrected chi connectivity index (χ3v) is 17.2. The number of carbonyl (C=O) groups is 13. The van der Waals surface area contributed by atoms with Crippen LogP contribution in [0.1, 0.15) is 117 Å². The summed E-state index contributed by atoms with van der Waals surface area (Å²) in [5.74, 6) is -13.1. The molecule has 0 aliphatic carbocycles. The molecule has 0 bridgehead atoms. The van der Waals surface area contributed by atoms with Gasteiger partial charge in [-0.15, -0.1) is 0 Å². The molecule has 0 unspecified atom stereocenters. The average molecular weight is 1400 g/mol. The number of para-hydroxylation sites is 2. The lowest BCUT2D eigenvalue weighted by molar-refractivity contribution is -0.146. The predicted octanol–water partition coefficient (Wildman–Crippen LogP) is -3.38. The van der Waals surface area contributed by atoms with Crippen LogP contribution in [0.5, 0.6) is 0 Å². The van der Waals surface area contributed by atoms with E-state index in [1.54, 1.807) is 64.4 Å². The van der Waals surface area contributed by atoms with Crippen molar-refractivity contribution in [1.29, 1.82) is 0 Å². The fourth-order valence-electron chi connectivity index (χ4n) is 11.4. The number of unbranched alkanes of at least 4 members (excludes halogenated alkanes) is 1. The number of hydrogen-bond acceptors (Lipinski definition) is 19. The number of nitrogens with zero attached hydrogens (tertiary/aromatic N) is 1. The van der Waals surface area contributed by atoms with E-state index in [4.69, 9.17) is 22.9 Å². The number of aliphatic carboxylic acids is 2. The van der Waals surface area contributed by atoms with Crippen LogP contribution < -0.4 is 81.4 Å². The summed E-state index contributed by atoms with van der Waals surface area (Å²) >= 11 is 0. The predicted molar refractivity (Wildman–Crippen MR) is 367 cm³/mol. The zero-order valence-corrected chi connectivity index (χ0v) is 57.3. The van der Waals surface area contributed by atoms with E-state index in [0.717, 1.165) is 21.4 Å². The van der Waals surface area contributed by atoms with E-state index >= 15 is 0 Å². The van der Waals surface area contributed by atoms with Crippen molar-refractivity contribution < 1.29 is 77.6 Å². The summed E-state index contributed by atoms with van der Waals surface area (Å²) in [5.41, 5.74) is 25.9. The third-order valence-electron chi connectivity index (χ3n) is 17.2. The third kappa shape index (κ3) is 24.7. The molecule has 1 aliphatic rings. The zero-order valence-electron chi connectivity index (χ0n) is 57.3. The molecule has 550 valence electrons. The van der Waals surface area contributed by atoms with Gasteiger partial charge in [0.15, 0.2) is 0 Å². The van der Waals surface area contributed by atoms with Crippen molar-refractivity contribution in [2.75, 3.05) is 32.8 Å². The van der Waals surface area contributed by atoms with E-state index in [1.807, 2.05) is 24.3 Å². The summed E-state index contributed by atoms with van der Waals surface area (Å²) in [4.78, 5) is 184. The molecule has 0 saturated carbocycles. The highest BCUT2D eigenvalue weighted by Crippen LogP contribution is 2.23. The fraction of sp³-hybridized carbons (Fsp3) is 0.561. The van der Waals surface area contributed by atoms with Gasteiger partial charge in [0.2, 0.25) is 65.0 Å². The van der Waals surface area contributed by atoms with Crippen molar-refractivity contribution >= 4 is 98.7 Å².